The number of benzene rings is 1. The highest BCUT2D eigenvalue weighted by Crippen LogP contribution is 2.22. The maximum absolute atomic E-state index is 13.9. The molecule has 0 aliphatic heterocycles. The third kappa shape index (κ3) is 3.93. The number of nitrogens with one attached hydrogen (secondary N) is 3. The van der Waals surface area contributed by atoms with Crippen molar-refractivity contribution in [3.63, 3.8) is 0 Å². The first-order valence-electron chi connectivity index (χ1n) is 8.21. The molecule has 3 N–H and O–H groups in total. The zero-order chi connectivity index (χ0) is 19.8. The lowest BCUT2D eigenvalue weighted by atomic mass is 9.90. The number of rotatable bonds is 2. The van der Waals surface area contributed by atoms with Crippen LogP contribution in [0, 0.1) is 5.82 Å². The molecule has 6 nitrogen and oxygen atoms in total. The molecule has 0 amide bonds. The predicted octanol–water partition coefficient (Wildman–Crippen LogP) is 1.53. The van der Waals surface area contributed by atoms with E-state index in [9.17, 15) is 14.0 Å². The van der Waals surface area contributed by atoms with Crippen molar-refractivity contribution in [2.24, 2.45) is 0 Å². The molecule has 1 aromatic carbocycles. The minimum absolute atomic E-state index is 0.0272. The number of hydrogen-bond acceptors (Lipinski definition) is 3. The molecule has 0 aliphatic rings. The van der Waals surface area contributed by atoms with Crippen molar-refractivity contribution in [3.8, 4) is 0 Å². The van der Waals surface area contributed by atoms with E-state index in [1.54, 1.807) is 0 Å². The topological polar surface area (TPSA) is 94.4 Å². The van der Waals surface area contributed by atoms with Crippen LogP contribution in [0.4, 0.5) is 4.39 Å². The second kappa shape index (κ2) is 7.00. The first-order chi connectivity index (χ1) is 12.7. The van der Waals surface area contributed by atoms with Gasteiger partial charge in [-0.15, -0.1) is 0 Å². The van der Waals surface area contributed by atoms with E-state index in [4.69, 9.17) is 11.6 Å². The standard InChI is InChI=1S/C19H18ClFN4O2/c1-19(2,3)16-13(22-9-23-16)8-15-18(27)24-14(17(26)25-15)7-10-11(20)5-4-6-12(10)21/h4-9H,1-3H3,(H,22,23)(H,24,27)(H,25,26)/b14-7-,15-8-. The number of imidazole rings is 1. The SMILES string of the molecule is CC(C)(C)c1[nH]cnc1/C=c1\[nH]c(=O)/c(=C/c2c(F)cccc2Cl)[nH]c1=O. The van der Waals surface area contributed by atoms with Gasteiger partial charge in [-0.05, 0) is 24.3 Å². The van der Waals surface area contributed by atoms with Gasteiger partial charge in [0.05, 0.1) is 17.0 Å². The molecule has 0 aliphatic carbocycles. The second-order valence-corrected chi connectivity index (χ2v) is 7.48. The Balaban J connectivity index is 2.18. The molecule has 27 heavy (non-hydrogen) atoms. The van der Waals surface area contributed by atoms with Crippen molar-refractivity contribution < 1.29 is 4.39 Å². The highest BCUT2D eigenvalue weighted by atomic mass is 35.5. The summed E-state index contributed by atoms with van der Waals surface area (Å²) in [5, 5.41) is 0.0915. The van der Waals surface area contributed by atoms with Crippen LogP contribution in [0.15, 0.2) is 34.1 Å². The predicted molar refractivity (Wildman–Crippen MR) is 103 cm³/mol. The Morgan fingerprint density at radius 2 is 1.70 bits per heavy atom. The highest BCUT2D eigenvalue weighted by Gasteiger charge is 2.19. The molecule has 140 valence electrons. The van der Waals surface area contributed by atoms with Gasteiger partial charge < -0.3 is 15.0 Å². The number of halogens is 2. The molecule has 3 aromatic rings. The van der Waals surface area contributed by atoms with Crippen molar-refractivity contribution in [1.82, 2.24) is 19.9 Å². The van der Waals surface area contributed by atoms with E-state index in [1.165, 1.54) is 36.7 Å². The van der Waals surface area contributed by atoms with Crippen molar-refractivity contribution >= 4 is 23.8 Å². The fourth-order valence-corrected chi connectivity index (χ4v) is 2.86. The summed E-state index contributed by atoms with van der Waals surface area (Å²) < 4.78 is 13.9. The molecule has 0 bridgehead atoms. The Hall–Kier alpha value is -2.93. The summed E-state index contributed by atoms with van der Waals surface area (Å²) in [6, 6.07) is 4.17. The van der Waals surface area contributed by atoms with E-state index in [1.807, 2.05) is 20.8 Å². The third-order valence-corrected chi connectivity index (χ3v) is 4.30. The third-order valence-electron chi connectivity index (χ3n) is 3.97. The number of H-pyrrole nitrogens is 3. The second-order valence-electron chi connectivity index (χ2n) is 7.07. The first-order valence-corrected chi connectivity index (χ1v) is 8.58. The van der Waals surface area contributed by atoms with E-state index in [-0.39, 0.29) is 26.7 Å². The van der Waals surface area contributed by atoms with Gasteiger partial charge in [0.2, 0.25) is 0 Å². The molecule has 8 heteroatoms. The zero-order valence-electron chi connectivity index (χ0n) is 15.0. The summed E-state index contributed by atoms with van der Waals surface area (Å²) in [5.74, 6) is -0.593. The molecular formula is C19H18ClFN4O2. The molecule has 0 saturated carbocycles. The van der Waals surface area contributed by atoms with Crippen LogP contribution in [0.5, 0.6) is 0 Å². The van der Waals surface area contributed by atoms with Crippen LogP contribution >= 0.6 is 11.6 Å². The minimum atomic E-state index is -0.593. The van der Waals surface area contributed by atoms with Crippen LogP contribution < -0.4 is 21.8 Å². The van der Waals surface area contributed by atoms with Gasteiger partial charge in [0, 0.05) is 16.7 Å². The van der Waals surface area contributed by atoms with E-state index in [2.05, 4.69) is 19.9 Å². The monoisotopic (exact) mass is 388 g/mol. The fraction of sp³-hybridized carbons (Fsp3) is 0.211. The Morgan fingerprint density at radius 3 is 2.30 bits per heavy atom. The van der Waals surface area contributed by atoms with Gasteiger partial charge in [0.25, 0.3) is 11.1 Å². The summed E-state index contributed by atoms with van der Waals surface area (Å²) in [5.41, 5.74) is 0.0858. The molecule has 0 spiro atoms. The number of hydrogen-bond donors (Lipinski definition) is 3. The molecule has 2 aromatic heterocycles. The summed E-state index contributed by atoms with van der Waals surface area (Å²) in [7, 11) is 0. The number of aromatic amines is 3. The van der Waals surface area contributed by atoms with Crippen molar-refractivity contribution in [3.05, 3.63) is 83.7 Å². The van der Waals surface area contributed by atoms with Crippen LogP contribution in [0.25, 0.3) is 12.2 Å². The fourth-order valence-electron chi connectivity index (χ4n) is 2.64. The number of nitrogens with zero attached hydrogens (tertiary/aromatic N) is 1. The van der Waals surface area contributed by atoms with Crippen LogP contribution in [-0.4, -0.2) is 19.9 Å². The van der Waals surface area contributed by atoms with E-state index in [0.717, 1.165) is 5.69 Å². The van der Waals surface area contributed by atoms with Crippen molar-refractivity contribution in [2.75, 3.05) is 0 Å². The summed E-state index contributed by atoms with van der Waals surface area (Å²) in [4.78, 5) is 37.0. The Kier molecular flexibility index (Phi) is 4.89. The first kappa shape index (κ1) is 18.8. The van der Waals surface area contributed by atoms with Gasteiger partial charge in [-0.1, -0.05) is 38.4 Å². The van der Waals surface area contributed by atoms with Gasteiger partial charge in [-0.2, -0.15) is 0 Å². The molecule has 0 atom stereocenters. The molecule has 0 radical (unpaired) electrons. The Labute approximate surface area is 158 Å². The van der Waals surface area contributed by atoms with Crippen molar-refractivity contribution in [1.29, 1.82) is 0 Å². The van der Waals surface area contributed by atoms with Crippen molar-refractivity contribution in [2.45, 2.75) is 26.2 Å². The maximum Gasteiger partial charge on any atom is 0.272 e. The van der Waals surface area contributed by atoms with Crippen LogP contribution in [0.2, 0.25) is 5.02 Å². The molecule has 0 fully saturated rings. The average molecular weight is 389 g/mol. The lowest BCUT2D eigenvalue weighted by Gasteiger charge is -2.16. The van der Waals surface area contributed by atoms with Crippen LogP contribution in [0.1, 0.15) is 37.7 Å². The largest absolute Gasteiger partial charge is 0.348 e. The Morgan fingerprint density at radius 1 is 1.07 bits per heavy atom. The molecule has 3 rings (SSSR count). The van der Waals surface area contributed by atoms with Gasteiger partial charge in [-0.25, -0.2) is 9.37 Å². The molecular weight excluding hydrogens is 371 g/mol. The molecule has 0 unspecified atom stereocenters. The summed E-state index contributed by atoms with van der Waals surface area (Å²) in [6.07, 6.45) is 4.23. The van der Waals surface area contributed by atoms with E-state index in [0.29, 0.717) is 5.69 Å². The summed E-state index contributed by atoms with van der Waals surface area (Å²) in [6.45, 7) is 6.00. The highest BCUT2D eigenvalue weighted by molar-refractivity contribution is 6.32. The lowest BCUT2D eigenvalue weighted by molar-refractivity contribution is 0.571. The molecule has 0 saturated heterocycles. The number of aromatic nitrogens is 4. The summed E-state index contributed by atoms with van der Waals surface area (Å²) >= 11 is 5.96. The average Bonchev–Trinajstić information content (AvgIpc) is 3.04. The van der Waals surface area contributed by atoms with Gasteiger partial charge in [-0.3, -0.25) is 9.59 Å². The normalized spacial score (nSPS) is 13.4. The van der Waals surface area contributed by atoms with E-state index >= 15 is 0 Å². The van der Waals surface area contributed by atoms with Gasteiger partial charge in [0.15, 0.2) is 0 Å². The maximum atomic E-state index is 13.9. The minimum Gasteiger partial charge on any atom is -0.348 e. The Bertz CT molecular complexity index is 1210. The zero-order valence-corrected chi connectivity index (χ0v) is 15.7. The quantitative estimate of drug-likeness (QED) is 0.621. The smallest absolute Gasteiger partial charge is 0.272 e. The lowest BCUT2D eigenvalue weighted by Crippen LogP contribution is -2.46. The van der Waals surface area contributed by atoms with E-state index < -0.39 is 16.9 Å². The van der Waals surface area contributed by atoms with Crippen LogP contribution in [-0.2, 0) is 5.41 Å². The van der Waals surface area contributed by atoms with Gasteiger partial charge >= 0.3 is 0 Å². The van der Waals surface area contributed by atoms with Gasteiger partial charge in [0.1, 0.15) is 16.5 Å². The van der Waals surface area contributed by atoms with Crippen LogP contribution in [0.3, 0.4) is 0 Å². The molecule has 2 heterocycles.